The van der Waals surface area contributed by atoms with Gasteiger partial charge < -0.3 is 4.74 Å². The van der Waals surface area contributed by atoms with E-state index < -0.39 is 12.2 Å². The Hall–Kier alpha value is -1.27. The largest absolute Gasteiger partial charge is 0.497 e. The highest BCUT2D eigenvalue weighted by Crippen LogP contribution is 2.23. The average molecular weight is 248 g/mol. The summed E-state index contributed by atoms with van der Waals surface area (Å²) >= 11 is 0. The van der Waals surface area contributed by atoms with Crippen LogP contribution in [0, 0.1) is 0 Å². The quantitative estimate of drug-likeness (QED) is 0.619. The van der Waals surface area contributed by atoms with Crippen molar-refractivity contribution >= 4 is 0 Å². The topological polar surface area (TPSA) is 47.3 Å². The molecule has 6 heteroatoms. The third-order valence-electron chi connectivity index (χ3n) is 2.48. The Kier molecular flexibility index (Phi) is 4.77. The molecule has 0 amide bonds. The molecular formula is C11H15F3N2O. The normalized spacial score (nSPS) is 13.5. The molecule has 3 N–H and O–H groups in total. The predicted molar refractivity (Wildman–Crippen MR) is 58.5 cm³/mol. The summed E-state index contributed by atoms with van der Waals surface area (Å²) in [6.07, 6.45) is -4.11. The second kappa shape index (κ2) is 5.88. The minimum absolute atomic E-state index is 0.0909. The number of rotatable bonds is 5. The molecule has 0 aliphatic heterocycles. The highest BCUT2D eigenvalue weighted by molar-refractivity contribution is 5.27. The molecule has 96 valence electrons. The first-order valence-electron chi connectivity index (χ1n) is 5.13. The second-order valence-corrected chi connectivity index (χ2v) is 3.65. The number of benzene rings is 1. The third kappa shape index (κ3) is 4.24. The van der Waals surface area contributed by atoms with Gasteiger partial charge in [0.25, 0.3) is 0 Å². The highest BCUT2D eigenvalue weighted by Gasteiger charge is 2.38. The highest BCUT2D eigenvalue weighted by atomic mass is 19.4. The van der Waals surface area contributed by atoms with Gasteiger partial charge in [0.2, 0.25) is 0 Å². The number of hydrogen-bond acceptors (Lipinski definition) is 3. The summed E-state index contributed by atoms with van der Waals surface area (Å²) in [5.74, 6) is 5.56. The molecule has 0 aliphatic rings. The first kappa shape index (κ1) is 13.8. The summed E-state index contributed by atoms with van der Waals surface area (Å²) in [6.45, 7) is 0. The van der Waals surface area contributed by atoms with E-state index in [1.807, 2.05) is 0 Å². The van der Waals surface area contributed by atoms with Crippen molar-refractivity contribution in [3.8, 4) is 5.75 Å². The summed E-state index contributed by atoms with van der Waals surface area (Å²) in [5.41, 5.74) is 2.60. The first-order chi connectivity index (χ1) is 7.97. The van der Waals surface area contributed by atoms with Crippen molar-refractivity contribution in [1.29, 1.82) is 0 Å². The molecule has 0 saturated heterocycles. The number of nitrogens with one attached hydrogen (secondary N) is 1. The number of nitrogens with two attached hydrogens (primary N) is 1. The monoisotopic (exact) mass is 248 g/mol. The van der Waals surface area contributed by atoms with Crippen LogP contribution >= 0.6 is 0 Å². The van der Waals surface area contributed by atoms with Crippen molar-refractivity contribution < 1.29 is 17.9 Å². The lowest BCUT2D eigenvalue weighted by Gasteiger charge is -2.18. The van der Waals surface area contributed by atoms with Gasteiger partial charge in [0, 0.05) is 0 Å². The van der Waals surface area contributed by atoms with Crippen LogP contribution in [0.4, 0.5) is 13.2 Å². The van der Waals surface area contributed by atoms with E-state index in [0.29, 0.717) is 12.2 Å². The number of alkyl halides is 3. The Balaban J connectivity index is 2.54. The van der Waals surface area contributed by atoms with Gasteiger partial charge in [0.1, 0.15) is 11.8 Å². The van der Waals surface area contributed by atoms with Crippen LogP contribution in [0.1, 0.15) is 12.0 Å². The fourth-order valence-corrected chi connectivity index (χ4v) is 1.44. The Morgan fingerprint density at radius 3 is 2.29 bits per heavy atom. The molecule has 0 heterocycles. The van der Waals surface area contributed by atoms with Crippen molar-refractivity contribution in [2.45, 2.75) is 25.1 Å². The van der Waals surface area contributed by atoms with Crippen molar-refractivity contribution in [2.75, 3.05) is 7.11 Å². The van der Waals surface area contributed by atoms with Crippen LogP contribution in [-0.2, 0) is 6.42 Å². The molecule has 1 atom stereocenters. The molecule has 1 rings (SSSR count). The second-order valence-electron chi connectivity index (χ2n) is 3.65. The number of methoxy groups -OCH3 is 1. The molecular weight excluding hydrogens is 233 g/mol. The van der Waals surface area contributed by atoms with E-state index >= 15 is 0 Å². The molecule has 0 radical (unpaired) electrons. The SMILES string of the molecule is COc1ccc(CCC(NN)C(F)(F)F)cc1. The molecule has 1 aromatic rings. The Labute approximate surface area is 97.7 Å². The van der Waals surface area contributed by atoms with Gasteiger partial charge in [-0.15, -0.1) is 0 Å². The number of hydrazine groups is 1. The molecule has 0 aliphatic carbocycles. The third-order valence-corrected chi connectivity index (χ3v) is 2.48. The fourth-order valence-electron chi connectivity index (χ4n) is 1.44. The average Bonchev–Trinajstić information content (AvgIpc) is 2.29. The molecule has 17 heavy (non-hydrogen) atoms. The zero-order valence-electron chi connectivity index (χ0n) is 9.42. The van der Waals surface area contributed by atoms with Crippen molar-refractivity contribution in [1.82, 2.24) is 5.43 Å². The molecule has 3 nitrogen and oxygen atoms in total. The summed E-state index contributed by atoms with van der Waals surface area (Å²) in [4.78, 5) is 0. The molecule has 0 aromatic heterocycles. The van der Waals surface area contributed by atoms with Crippen LogP contribution in [0.3, 0.4) is 0 Å². The minimum Gasteiger partial charge on any atom is -0.497 e. The van der Waals surface area contributed by atoms with Crippen LogP contribution in [-0.4, -0.2) is 19.3 Å². The molecule has 0 spiro atoms. The van der Waals surface area contributed by atoms with E-state index in [2.05, 4.69) is 0 Å². The van der Waals surface area contributed by atoms with Crippen LogP contribution in [0.25, 0.3) is 0 Å². The number of hydrogen-bond donors (Lipinski definition) is 2. The Morgan fingerprint density at radius 2 is 1.88 bits per heavy atom. The molecule has 0 bridgehead atoms. The molecule has 0 fully saturated rings. The van der Waals surface area contributed by atoms with E-state index in [4.69, 9.17) is 10.6 Å². The number of halogens is 3. The lowest BCUT2D eigenvalue weighted by Crippen LogP contribution is -2.46. The summed E-state index contributed by atoms with van der Waals surface area (Å²) in [5, 5.41) is 0. The zero-order chi connectivity index (χ0) is 12.9. The molecule has 0 saturated carbocycles. The maximum absolute atomic E-state index is 12.4. The molecule has 1 unspecified atom stereocenters. The van der Waals surface area contributed by atoms with Gasteiger partial charge in [0.05, 0.1) is 7.11 Å². The van der Waals surface area contributed by atoms with Crippen molar-refractivity contribution in [3.63, 3.8) is 0 Å². The van der Waals surface area contributed by atoms with Crippen LogP contribution in [0.15, 0.2) is 24.3 Å². The van der Waals surface area contributed by atoms with E-state index in [1.54, 1.807) is 29.7 Å². The van der Waals surface area contributed by atoms with Crippen molar-refractivity contribution in [2.24, 2.45) is 5.84 Å². The number of aryl methyl sites for hydroxylation is 1. The standard InChI is InChI=1S/C11H15F3N2O/c1-17-9-5-2-8(3-6-9)4-7-10(16-15)11(12,13)14/h2-3,5-6,10,16H,4,7,15H2,1H3. The Morgan fingerprint density at radius 1 is 1.29 bits per heavy atom. The lowest BCUT2D eigenvalue weighted by atomic mass is 10.1. The Bertz CT molecular complexity index is 338. The smallest absolute Gasteiger partial charge is 0.405 e. The van der Waals surface area contributed by atoms with E-state index in [1.165, 1.54) is 7.11 Å². The fraction of sp³-hybridized carbons (Fsp3) is 0.455. The lowest BCUT2D eigenvalue weighted by molar-refractivity contribution is -0.157. The van der Waals surface area contributed by atoms with Gasteiger partial charge in [0.15, 0.2) is 0 Å². The summed E-state index contributed by atoms with van der Waals surface area (Å²) in [6, 6.07) is 5.23. The van der Waals surface area contributed by atoms with E-state index in [0.717, 1.165) is 5.56 Å². The molecule has 1 aromatic carbocycles. The maximum atomic E-state index is 12.4. The number of ether oxygens (including phenoxy) is 1. The van der Waals surface area contributed by atoms with Crippen LogP contribution < -0.4 is 16.0 Å². The zero-order valence-corrected chi connectivity index (χ0v) is 9.42. The summed E-state index contributed by atoms with van der Waals surface area (Å²) in [7, 11) is 1.53. The first-order valence-corrected chi connectivity index (χ1v) is 5.13. The minimum atomic E-state index is -4.32. The van der Waals surface area contributed by atoms with Gasteiger partial charge in [-0.25, -0.2) is 5.43 Å². The van der Waals surface area contributed by atoms with E-state index in [9.17, 15) is 13.2 Å². The van der Waals surface area contributed by atoms with Crippen LogP contribution in [0.2, 0.25) is 0 Å². The van der Waals surface area contributed by atoms with Gasteiger partial charge >= 0.3 is 6.18 Å². The van der Waals surface area contributed by atoms with Crippen LogP contribution in [0.5, 0.6) is 5.75 Å². The summed E-state index contributed by atoms with van der Waals surface area (Å²) < 4.78 is 42.1. The van der Waals surface area contributed by atoms with E-state index in [-0.39, 0.29) is 6.42 Å². The van der Waals surface area contributed by atoms with Gasteiger partial charge in [-0.3, -0.25) is 5.84 Å². The van der Waals surface area contributed by atoms with Gasteiger partial charge in [-0.2, -0.15) is 13.2 Å². The predicted octanol–water partition coefficient (Wildman–Crippen LogP) is 2.02. The maximum Gasteiger partial charge on any atom is 0.405 e. The van der Waals surface area contributed by atoms with Crippen molar-refractivity contribution in [3.05, 3.63) is 29.8 Å². The van der Waals surface area contributed by atoms with Gasteiger partial charge in [-0.05, 0) is 30.5 Å². The van der Waals surface area contributed by atoms with Gasteiger partial charge in [-0.1, -0.05) is 12.1 Å².